The second-order valence-corrected chi connectivity index (χ2v) is 6.07. The molecule has 0 saturated carbocycles. The molecule has 0 aliphatic rings. The van der Waals surface area contributed by atoms with Gasteiger partial charge in [0.05, 0.1) is 5.69 Å². The van der Waals surface area contributed by atoms with E-state index in [0.717, 1.165) is 11.5 Å². The van der Waals surface area contributed by atoms with Crippen LogP contribution in [0.25, 0.3) is 11.3 Å². The standard InChI is InChI=1S/C16H23N3/c1-11-9-12(16(2,3)4)7-8-13(11)14-10-15(17-5)18-19(14)6/h7-10H,1-6H3,(H,17,18). The number of anilines is 1. The van der Waals surface area contributed by atoms with Gasteiger partial charge in [-0.25, -0.2) is 0 Å². The van der Waals surface area contributed by atoms with Gasteiger partial charge in [0.15, 0.2) is 0 Å². The summed E-state index contributed by atoms with van der Waals surface area (Å²) in [4.78, 5) is 0. The number of rotatable bonds is 2. The monoisotopic (exact) mass is 257 g/mol. The maximum absolute atomic E-state index is 4.42. The Kier molecular flexibility index (Phi) is 3.40. The van der Waals surface area contributed by atoms with Crippen molar-refractivity contribution in [2.75, 3.05) is 12.4 Å². The number of nitrogens with one attached hydrogen (secondary N) is 1. The summed E-state index contributed by atoms with van der Waals surface area (Å²) < 4.78 is 1.92. The average Bonchev–Trinajstić information content (AvgIpc) is 2.69. The Morgan fingerprint density at radius 3 is 2.32 bits per heavy atom. The van der Waals surface area contributed by atoms with Crippen molar-refractivity contribution in [1.82, 2.24) is 9.78 Å². The highest BCUT2D eigenvalue weighted by Crippen LogP contribution is 2.30. The SMILES string of the molecule is CNc1cc(-c2ccc(C(C)(C)C)cc2C)n(C)n1. The summed E-state index contributed by atoms with van der Waals surface area (Å²) in [5.74, 6) is 0.900. The van der Waals surface area contributed by atoms with Crippen LogP contribution in [0.3, 0.4) is 0 Å². The van der Waals surface area contributed by atoms with Crippen LogP contribution in [-0.4, -0.2) is 16.8 Å². The molecule has 19 heavy (non-hydrogen) atoms. The average molecular weight is 257 g/mol. The van der Waals surface area contributed by atoms with E-state index in [2.05, 4.69) is 62.4 Å². The Balaban J connectivity index is 2.49. The molecule has 3 nitrogen and oxygen atoms in total. The van der Waals surface area contributed by atoms with Gasteiger partial charge < -0.3 is 5.32 Å². The maximum Gasteiger partial charge on any atom is 0.148 e. The summed E-state index contributed by atoms with van der Waals surface area (Å²) >= 11 is 0. The predicted octanol–water partition coefficient (Wildman–Crippen LogP) is 3.73. The summed E-state index contributed by atoms with van der Waals surface area (Å²) in [5, 5.41) is 7.50. The zero-order valence-corrected chi connectivity index (χ0v) is 12.7. The molecule has 1 aromatic heterocycles. The van der Waals surface area contributed by atoms with Crippen molar-refractivity contribution >= 4 is 5.82 Å². The molecule has 2 rings (SSSR count). The molecule has 0 aliphatic heterocycles. The second-order valence-electron chi connectivity index (χ2n) is 6.07. The van der Waals surface area contributed by atoms with E-state index in [0.29, 0.717) is 0 Å². The third kappa shape index (κ3) is 2.65. The van der Waals surface area contributed by atoms with Gasteiger partial charge in [0.1, 0.15) is 5.82 Å². The summed E-state index contributed by atoms with van der Waals surface area (Å²) in [6, 6.07) is 8.78. The van der Waals surface area contributed by atoms with Crippen molar-refractivity contribution < 1.29 is 0 Å². The summed E-state index contributed by atoms with van der Waals surface area (Å²) in [6.45, 7) is 8.89. The molecular formula is C16H23N3. The Morgan fingerprint density at radius 1 is 1.16 bits per heavy atom. The van der Waals surface area contributed by atoms with Gasteiger partial charge in [-0.3, -0.25) is 4.68 Å². The zero-order chi connectivity index (χ0) is 14.2. The maximum atomic E-state index is 4.42. The fourth-order valence-electron chi connectivity index (χ4n) is 2.26. The van der Waals surface area contributed by atoms with Crippen molar-refractivity contribution in [2.45, 2.75) is 33.1 Å². The third-order valence-corrected chi connectivity index (χ3v) is 3.50. The van der Waals surface area contributed by atoms with Crippen LogP contribution < -0.4 is 5.32 Å². The van der Waals surface area contributed by atoms with Crippen LogP contribution in [0.15, 0.2) is 24.3 Å². The van der Waals surface area contributed by atoms with Crippen molar-refractivity contribution in [3.8, 4) is 11.3 Å². The van der Waals surface area contributed by atoms with Crippen molar-refractivity contribution in [3.05, 3.63) is 35.4 Å². The molecule has 0 amide bonds. The highest BCUT2D eigenvalue weighted by Gasteiger charge is 2.16. The minimum absolute atomic E-state index is 0.186. The Labute approximate surface area is 115 Å². The molecule has 0 atom stereocenters. The van der Waals surface area contributed by atoms with E-state index in [1.165, 1.54) is 16.7 Å². The number of hydrogen-bond acceptors (Lipinski definition) is 2. The molecule has 0 spiro atoms. The highest BCUT2D eigenvalue weighted by atomic mass is 15.3. The fraction of sp³-hybridized carbons (Fsp3) is 0.438. The van der Waals surface area contributed by atoms with Gasteiger partial charge >= 0.3 is 0 Å². The van der Waals surface area contributed by atoms with Gasteiger partial charge in [-0.05, 0) is 23.5 Å². The molecule has 3 heteroatoms. The summed E-state index contributed by atoms with van der Waals surface area (Å²) in [5.41, 5.74) is 5.22. The lowest BCUT2D eigenvalue weighted by Gasteiger charge is -2.20. The molecule has 1 heterocycles. The van der Waals surface area contributed by atoms with Gasteiger partial charge in [-0.15, -0.1) is 0 Å². The van der Waals surface area contributed by atoms with Gasteiger partial charge in [0.25, 0.3) is 0 Å². The molecule has 0 saturated heterocycles. The normalized spacial score (nSPS) is 11.7. The molecule has 102 valence electrons. The number of aromatic nitrogens is 2. The molecule has 0 radical (unpaired) electrons. The van der Waals surface area contributed by atoms with E-state index in [1.54, 1.807) is 0 Å². The first-order valence-electron chi connectivity index (χ1n) is 6.66. The Morgan fingerprint density at radius 2 is 1.84 bits per heavy atom. The number of benzene rings is 1. The Hall–Kier alpha value is -1.77. The van der Waals surface area contributed by atoms with E-state index < -0.39 is 0 Å². The van der Waals surface area contributed by atoms with Gasteiger partial charge in [0, 0.05) is 25.7 Å². The molecule has 0 unspecified atom stereocenters. The van der Waals surface area contributed by atoms with Crippen LogP contribution in [0.4, 0.5) is 5.82 Å². The lowest BCUT2D eigenvalue weighted by molar-refractivity contribution is 0.590. The second kappa shape index (κ2) is 4.72. The van der Waals surface area contributed by atoms with Gasteiger partial charge in [-0.1, -0.05) is 39.0 Å². The van der Waals surface area contributed by atoms with Crippen LogP contribution in [0.2, 0.25) is 0 Å². The molecule has 0 bridgehead atoms. The number of hydrogen-bond donors (Lipinski definition) is 1. The third-order valence-electron chi connectivity index (χ3n) is 3.50. The lowest BCUT2D eigenvalue weighted by atomic mass is 9.85. The first-order chi connectivity index (χ1) is 8.82. The number of aryl methyl sites for hydroxylation is 2. The predicted molar refractivity (Wildman–Crippen MR) is 81.6 cm³/mol. The van der Waals surface area contributed by atoms with Crippen LogP contribution in [0.1, 0.15) is 31.9 Å². The van der Waals surface area contributed by atoms with Crippen LogP contribution in [0.5, 0.6) is 0 Å². The molecule has 1 N–H and O–H groups in total. The zero-order valence-electron chi connectivity index (χ0n) is 12.7. The van der Waals surface area contributed by atoms with Gasteiger partial charge in [-0.2, -0.15) is 5.10 Å². The molecule has 1 aromatic carbocycles. The van der Waals surface area contributed by atoms with E-state index >= 15 is 0 Å². The van der Waals surface area contributed by atoms with Gasteiger partial charge in [0.2, 0.25) is 0 Å². The minimum Gasteiger partial charge on any atom is -0.372 e. The lowest BCUT2D eigenvalue weighted by Crippen LogP contribution is -2.11. The topological polar surface area (TPSA) is 29.9 Å². The van der Waals surface area contributed by atoms with Crippen LogP contribution >= 0.6 is 0 Å². The first-order valence-corrected chi connectivity index (χ1v) is 6.66. The molecule has 2 aromatic rings. The quantitative estimate of drug-likeness (QED) is 0.888. The summed E-state index contributed by atoms with van der Waals surface area (Å²) in [7, 11) is 3.87. The minimum atomic E-state index is 0.186. The highest BCUT2D eigenvalue weighted by molar-refractivity contribution is 5.67. The number of nitrogens with zero attached hydrogens (tertiary/aromatic N) is 2. The molecule has 0 fully saturated rings. The van der Waals surface area contributed by atoms with E-state index in [4.69, 9.17) is 0 Å². The fourth-order valence-corrected chi connectivity index (χ4v) is 2.26. The van der Waals surface area contributed by atoms with Crippen LogP contribution in [0, 0.1) is 6.92 Å². The van der Waals surface area contributed by atoms with E-state index in [1.807, 2.05) is 18.8 Å². The Bertz CT molecular complexity index is 589. The molecule has 0 aliphatic carbocycles. The van der Waals surface area contributed by atoms with Crippen molar-refractivity contribution in [1.29, 1.82) is 0 Å². The first kappa shape index (κ1) is 13.7. The van der Waals surface area contributed by atoms with Crippen molar-refractivity contribution in [3.63, 3.8) is 0 Å². The smallest absolute Gasteiger partial charge is 0.148 e. The summed E-state index contributed by atoms with van der Waals surface area (Å²) in [6.07, 6.45) is 0. The van der Waals surface area contributed by atoms with E-state index in [9.17, 15) is 0 Å². The van der Waals surface area contributed by atoms with Crippen molar-refractivity contribution in [2.24, 2.45) is 7.05 Å². The molecular weight excluding hydrogens is 234 g/mol. The largest absolute Gasteiger partial charge is 0.372 e. The van der Waals surface area contributed by atoms with Crippen LogP contribution in [-0.2, 0) is 12.5 Å². The van der Waals surface area contributed by atoms with E-state index in [-0.39, 0.29) is 5.41 Å².